The highest BCUT2D eigenvalue weighted by Gasteiger charge is 2.16. The summed E-state index contributed by atoms with van der Waals surface area (Å²) >= 11 is 6.26. The van der Waals surface area contributed by atoms with E-state index in [2.05, 4.69) is 15.6 Å². The fourth-order valence-electron chi connectivity index (χ4n) is 2.46. The summed E-state index contributed by atoms with van der Waals surface area (Å²) in [4.78, 5) is 16.6. The maximum atomic E-state index is 12.2. The van der Waals surface area contributed by atoms with E-state index in [-0.39, 0.29) is 5.91 Å². The molecule has 3 aromatic rings. The molecule has 0 saturated carbocycles. The molecule has 6 heteroatoms. The minimum atomic E-state index is -0.227. The molecule has 0 atom stereocenters. The molecule has 3 rings (SSSR count). The van der Waals surface area contributed by atoms with Crippen molar-refractivity contribution in [3.05, 3.63) is 59.2 Å². The van der Waals surface area contributed by atoms with Gasteiger partial charge in [0.05, 0.1) is 28.9 Å². The molecule has 2 N–H and O–H groups in total. The van der Waals surface area contributed by atoms with Crippen LogP contribution in [0.4, 0.5) is 11.4 Å². The summed E-state index contributed by atoms with van der Waals surface area (Å²) in [5.41, 5.74) is 2.63. The molecule has 0 aliphatic carbocycles. The summed E-state index contributed by atoms with van der Waals surface area (Å²) in [5.74, 6) is 0.310. The number of methoxy groups -OCH3 is 1. The van der Waals surface area contributed by atoms with Gasteiger partial charge in [-0.25, -0.2) is 0 Å². The Morgan fingerprint density at radius 3 is 2.62 bits per heavy atom. The number of halogens is 1. The molecule has 0 unspecified atom stereocenters. The molecule has 0 spiro atoms. The first-order valence-corrected chi connectivity index (χ1v) is 7.72. The number of benzene rings is 2. The molecule has 0 saturated heterocycles. The van der Waals surface area contributed by atoms with Crippen LogP contribution in [0.25, 0.3) is 10.9 Å². The lowest BCUT2D eigenvalue weighted by Gasteiger charge is -2.15. The number of fused-ring (bicyclic) bond motifs is 1. The van der Waals surface area contributed by atoms with Crippen LogP contribution in [-0.2, 0) is 0 Å². The Morgan fingerprint density at radius 1 is 1.21 bits per heavy atom. The van der Waals surface area contributed by atoms with Crippen molar-refractivity contribution in [2.45, 2.75) is 0 Å². The number of aromatic nitrogens is 1. The highest BCUT2D eigenvalue weighted by Crippen LogP contribution is 2.35. The van der Waals surface area contributed by atoms with Crippen LogP contribution in [0.15, 0.2) is 48.7 Å². The zero-order chi connectivity index (χ0) is 17.1. The fourth-order valence-corrected chi connectivity index (χ4v) is 2.70. The average molecular weight is 342 g/mol. The summed E-state index contributed by atoms with van der Waals surface area (Å²) in [6, 6.07) is 13.1. The average Bonchev–Trinajstić information content (AvgIpc) is 2.62. The van der Waals surface area contributed by atoms with Crippen LogP contribution in [-0.4, -0.2) is 25.0 Å². The zero-order valence-corrected chi connectivity index (χ0v) is 14.0. The van der Waals surface area contributed by atoms with Crippen LogP contribution in [0.1, 0.15) is 10.4 Å². The lowest BCUT2D eigenvalue weighted by Crippen LogP contribution is -2.19. The molecule has 0 fully saturated rings. The van der Waals surface area contributed by atoms with Gasteiger partial charge in [0.25, 0.3) is 5.91 Å². The van der Waals surface area contributed by atoms with Crippen molar-refractivity contribution in [1.29, 1.82) is 0 Å². The van der Waals surface area contributed by atoms with Gasteiger partial charge in [0, 0.05) is 30.4 Å². The molecular weight excluding hydrogens is 326 g/mol. The van der Waals surface area contributed by atoms with Gasteiger partial charge in [-0.05, 0) is 18.2 Å². The minimum absolute atomic E-state index is 0.227. The van der Waals surface area contributed by atoms with Crippen molar-refractivity contribution < 1.29 is 9.53 Å². The SMILES string of the molecule is CNC(=O)c1cnc2cc(OC)c(Cl)cc2c1Nc1ccccc1. The minimum Gasteiger partial charge on any atom is -0.495 e. The van der Waals surface area contributed by atoms with E-state index in [0.29, 0.717) is 27.5 Å². The Balaban J connectivity index is 2.23. The number of carbonyl (C=O) groups excluding carboxylic acids is 1. The number of anilines is 2. The largest absolute Gasteiger partial charge is 0.495 e. The molecule has 0 aliphatic rings. The second-order valence-corrected chi connectivity index (χ2v) is 5.53. The Bertz CT molecular complexity index is 898. The van der Waals surface area contributed by atoms with Crippen molar-refractivity contribution in [2.24, 2.45) is 0 Å². The summed E-state index contributed by atoms with van der Waals surface area (Å²) in [6.45, 7) is 0. The first kappa shape index (κ1) is 16.1. The number of nitrogens with zero attached hydrogens (tertiary/aromatic N) is 1. The first-order valence-electron chi connectivity index (χ1n) is 7.34. The van der Waals surface area contributed by atoms with Gasteiger partial charge >= 0.3 is 0 Å². The molecule has 0 radical (unpaired) electrons. The Labute approximate surface area is 144 Å². The highest BCUT2D eigenvalue weighted by atomic mass is 35.5. The molecule has 24 heavy (non-hydrogen) atoms. The van der Waals surface area contributed by atoms with Crippen LogP contribution >= 0.6 is 11.6 Å². The number of para-hydroxylation sites is 1. The van der Waals surface area contributed by atoms with Crippen molar-refractivity contribution >= 4 is 39.8 Å². The van der Waals surface area contributed by atoms with Crippen LogP contribution in [0.2, 0.25) is 5.02 Å². The van der Waals surface area contributed by atoms with Gasteiger partial charge in [-0.2, -0.15) is 0 Å². The standard InChI is InChI=1S/C18H16ClN3O2/c1-20-18(23)13-10-21-15-9-16(24-2)14(19)8-12(15)17(13)22-11-6-4-3-5-7-11/h3-10H,1-2H3,(H,20,23)(H,21,22). The summed E-state index contributed by atoms with van der Waals surface area (Å²) in [7, 11) is 3.13. The van der Waals surface area contributed by atoms with Crippen molar-refractivity contribution in [2.75, 3.05) is 19.5 Å². The van der Waals surface area contributed by atoms with E-state index in [1.807, 2.05) is 30.3 Å². The molecule has 1 amide bonds. The predicted molar refractivity (Wildman–Crippen MR) is 96.4 cm³/mol. The number of nitrogens with one attached hydrogen (secondary N) is 2. The maximum Gasteiger partial charge on any atom is 0.254 e. The van der Waals surface area contributed by atoms with Crippen molar-refractivity contribution in [3.63, 3.8) is 0 Å². The van der Waals surface area contributed by atoms with E-state index in [1.165, 1.54) is 0 Å². The van der Waals surface area contributed by atoms with Gasteiger partial charge in [0.15, 0.2) is 0 Å². The zero-order valence-electron chi connectivity index (χ0n) is 13.3. The van der Waals surface area contributed by atoms with Gasteiger partial charge in [-0.3, -0.25) is 9.78 Å². The highest BCUT2D eigenvalue weighted by molar-refractivity contribution is 6.33. The number of amides is 1. The number of hydrogen-bond donors (Lipinski definition) is 2. The lowest BCUT2D eigenvalue weighted by atomic mass is 10.1. The number of ether oxygens (including phenoxy) is 1. The normalized spacial score (nSPS) is 10.5. The van der Waals surface area contributed by atoms with Gasteiger partial charge in [0.1, 0.15) is 5.75 Å². The van der Waals surface area contributed by atoms with E-state index in [0.717, 1.165) is 11.1 Å². The summed E-state index contributed by atoms with van der Waals surface area (Å²) in [5, 5.41) is 7.12. The third kappa shape index (κ3) is 2.98. The molecule has 0 aliphatic heterocycles. The molecule has 122 valence electrons. The molecule has 2 aromatic carbocycles. The lowest BCUT2D eigenvalue weighted by molar-refractivity contribution is 0.0963. The quantitative estimate of drug-likeness (QED) is 0.753. The number of rotatable bonds is 4. The second-order valence-electron chi connectivity index (χ2n) is 5.12. The molecular formula is C18H16ClN3O2. The topological polar surface area (TPSA) is 63.2 Å². The van der Waals surface area contributed by atoms with E-state index in [4.69, 9.17) is 16.3 Å². The smallest absolute Gasteiger partial charge is 0.254 e. The molecule has 1 aromatic heterocycles. The fraction of sp³-hybridized carbons (Fsp3) is 0.111. The van der Waals surface area contributed by atoms with E-state index in [1.54, 1.807) is 32.5 Å². The Morgan fingerprint density at radius 2 is 1.96 bits per heavy atom. The number of hydrogen-bond acceptors (Lipinski definition) is 4. The third-order valence-electron chi connectivity index (χ3n) is 3.66. The van der Waals surface area contributed by atoms with Crippen LogP contribution < -0.4 is 15.4 Å². The number of pyridine rings is 1. The van der Waals surface area contributed by atoms with Crippen molar-refractivity contribution in [3.8, 4) is 5.75 Å². The van der Waals surface area contributed by atoms with Gasteiger partial charge in [-0.15, -0.1) is 0 Å². The number of carbonyl (C=O) groups is 1. The molecule has 0 bridgehead atoms. The monoisotopic (exact) mass is 341 g/mol. The van der Waals surface area contributed by atoms with E-state index < -0.39 is 0 Å². The van der Waals surface area contributed by atoms with Crippen LogP contribution in [0, 0.1) is 0 Å². The van der Waals surface area contributed by atoms with E-state index >= 15 is 0 Å². The van der Waals surface area contributed by atoms with Gasteiger partial charge in [0.2, 0.25) is 0 Å². The maximum absolute atomic E-state index is 12.2. The van der Waals surface area contributed by atoms with Crippen LogP contribution in [0.5, 0.6) is 5.75 Å². The second kappa shape index (κ2) is 6.76. The Hall–Kier alpha value is -2.79. The van der Waals surface area contributed by atoms with Crippen molar-refractivity contribution in [1.82, 2.24) is 10.3 Å². The summed E-state index contributed by atoms with van der Waals surface area (Å²) in [6.07, 6.45) is 1.54. The van der Waals surface area contributed by atoms with Gasteiger partial charge in [-0.1, -0.05) is 29.8 Å². The Kier molecular flexibility index (Phi) is 4.53. The predicted octanol–water partition coefficient (Wildman–Crippen LogP) is 4.00. The third-order valence-corrected chi connectivity index (χ3v) is 3.95. The van der Waals surface area contributed by atoms with Crippen LogP contribution in [0.3, 0.4) is 0 Å². The summed E-state index contributed by atoms with van der Waals surface area (Å²) < 4.78 is 5.24. The van der Waals surface area contributed by atoms with E-state index in [9.17, 15) is 4.79 Å². The molecule has 5 nitrogen and oxygen atoms in total. The first-order chi connectivity index (χ1) is 11.6. The van der Waals surface area contributed by atoms with Gasteiger partial charge < -0.3 is 15.4 Å². The molecule has 1 heterocycles.